The first kappa shape index (κ1) is 25.3. The lowest BCUT2D eigenvalue weighted by Gasteiger charge is -2.35. The molecule has 0 aliphatic carbocycles. The van der Waals surface area contributed by atoms with Crippen LogP contribution in [-0.4, -0.2) is 21.2 Å². The van der Waals surface area contributed by atoms with E-state index in [2.05, 4.69) is 141 Å². The summed E-state index contributed by atoms with van der Waals surface area (Å²) in [4.78, 5) is 10.6. The lowest BCUT2D eigenvalue weighted by molar-refractivity contribution is 0.177. The van der Waals surface area contributed by atoms with Crippen LogP contribution >= 0.6 is 0 Å². The Hall–Kier alpha value is -4.44. The maximum Gasteiger partial charge on any atom is 0.235 e. The SMILES string of the molecule is CC1(C)CB(c2cccc3c2c2ccc4ccccc4c2n3-c2nc(-c3ccccc3)c3ccccc3n2)CC1(C)C. The van der Waals surface area contributed by atoms with Gasteiger partial charge in [0.1, 0.15) is 0 Å². The van der Waals surface area contributed by atoms with Crippen molar-refractivity contribution in [1.82, 2.24) is 14.5 Å². The fraction of sp³-hybridized carbons (Fsp3) is 0.211. The minimum Gasteiger partial charge on any atom is -0.277 e. The number of benzene rings is 5. The molecule has 0 unspecified atom stereocenters. The third-order valence-electron chi connectivity index (χ3n) is 10.3. The molecule has 7 aromatic rings. The Bertz CT molecular complexity index is 2140. The van der Waals surface area contributed by atoms with Gasteiger partial charge in [0.25, 0.3) is 0 Å². The number of hydrogen-bond donors (Lipinski definition) is 0. The van der Waals surface area contributed by atoms with Gasteiger partial charge in [-0.3, -0.25) is 4.57 Å². The molecular weight excluding hydrogens is 509 g/mol. The van der Waals surface area contributed by atoms with E-state index in [9.17, 15) is 0 Å². The Morgan fingerprint density at radius 3 is 2.10 bits per heavy atom. The molecule has 3 nitrogen and oxygen atoms in total. The summed E-state index contributed by atoms with van der Waals surface area (Å²) in [5.74, 6) is 0.716. The van der Waals surface area contributed by atoms with Crippen molar-refractivity contribution in [2.75, 3.05) is 0 Å². The molecule has 0 atom stereocenters. The first-order chi connectivity index (χ1) is 20.3. The van der Waals surface area contributed by atoms with Crippen LogP contribution in [0.25, 0.3) is 60.7 Å². The molecule has 42 heavy (non-hydrogen) atoms. The van der Waals surface area contributed by atoms with E-state index in [1.807, 2.05) is 0 Å². The van der Waals surface area contributed by atoms with E-state index >= 15 is 0 Å². The van der Waals surface area contributed by atoms with Gasteiger partial charge in [-0.05, 0) is 28.3 Å². The van der Waals surface area contributed by atoms with Crippen molar-refractivity contribution in [3.05, 3.63) is 109 Å². The van der Waals surface area contributed by atoms with E-state index in [4.69, 9.17) is 9.97 Å². The van der Waals surface area contributed by atoms with Crippen molar-refractivity contribution in [1.29, 1.82) is 0 Å². The average Bonchev–Trinajstić information content (AvgIpc) is 3.46. The minimum atomic E-state index is 0.275. The molecule has 1 aliphatic rings. The van der Waals surface area contributed by atoms with Crippen molar-refractivity contribution in [3.8, 4) is 17.2 Å². The Morgan fingerprint density at radius 1 is 0.619 bits per heavy atom. The number of aromatic nitrogens is 3. The van der Waals surface area contributed by atoms with Crippen LogP contribution in [0.2, 0.25) is 12.6 Å². The third kappa shape index (κ3) is 3.67. The summed E-state index contributed by atoms with van der Waals surface area (Å²) >= 11 is 0. The summed E-state index contributed by atoms with van der Waals surface area (Å²) in [6.45, 7) is 10.3. The maximum absolute atomic E-state index is 5.35. The van der Waals surface area contributed by atoms with Gasteiger partial charge in [0.15, 0.2) is 6.71 Å². The quantitative estimate of drug-likeness (QED) is 0.208. The van der Waals surface area contributed by atoms with Crippen LogP contribution in [-0.2, 0) is 0 Å². The fourth-order valence-corrected chi connectivity index (χ4v) is 7.46. The monoisotopic (exact) mass is 543 g/mol. The second kappa shape index (κ2) is 9.03. The Labute approximate surface area is 247 Å². The van der Waals surface area contributed by atoms with Crippen LogP contribution in [0.15, 0.2) is 109 Å². The summed E-state index contributed by atoms with van der Waals surface area (Å²) in [5, 5.41) is 6.13. The van der Waals surface area contributed by atoms with Crippen LogP contribution in [0, 0.1) is 10.8 Å². The Morgan fingerprint density at radius 2 is 1.31 bits per heavy atom. The van der Waals surface area contributed by atoms with E-state index < -0.39 is 0 Å². The molecule has 204 valence electrons. The zero-order valence-electron chi connectivity index (χ0n) is 24.7. The largest absolute Gasteiger partial charge is 0.277 e. The second-order valence-corrected chi connectivity index (χ2v) is 13.4. The normalized spacial score (nSPS) is 16.2. The van der Waals surface area contributed by atoms with E-state index in [0.29, 0.717) is 12.7 Å². The van der Waals surface area contributed by atoms with Crippen LogP contribution in [0.1, 0.15) is 27.7 Å². The van der Waals surface area contributed by atoms with Gasteiger partial charge in [-0.15, -0.1) is 0 Å². The van der Waals surface area contributed by atoms with Crippen molar-refractivity contribution in [2.45, 2.75) is 40.3 Å². The molecule has 1 fully saturated rings. The number of rotatable bonds is 3. The van der Waals surface area contributed by atoms with Gasteiger partial charge >= 0.3 is 0 Å². The van der Waals surface area contributed by atoms with Crippen molar-refractivity contribution >= 4 is 55.7 Å². The molecule has 0 spiro atoms. The van der Waals surface area contributed by atoms with E-state index in [1.54, 1.807) is 0 Å². The predicted molar refractivity (Wildman–Crippen MR) is 179 cm³/mol. The topological polar surface area (TPSA) is 30.7 Å². The van der Waals surface area contributed by atoms with E-state index in [-0.39, 0.29) is 10.8 Å². The average molecular weight is 544 g/mol. The first-order valence-corrected chi connectivity index (χ1v) is 15.1. The highest BCUT2D eigenvalue weighted by atomic mass is 15.2. The van der Waals surface area contributed by atoms with Crippen molar-refractivity contribution < 1.29 is 0 Å². The number of fused-ring (bicyclic) bond motifs is 6. The summed E-state index contributed by atoms with van der Waals surface area (Å²) in [5.41, 5.74) is 7.37. The van der Waals surface area contributed by atoms with Gasteiger partial charge in [0, 0.05) is 27.1 Å². The number of para-hydroxylation sites is 1. The molecule has 4 heteroatoms. The summed E-state index contributed by atoms with van der Waals surface area (Å²) in [6.07, 6.45) is 2.37. The number of hydrogen-bond acceptors (Lipinski definition) is 2. The molecule has 0 amide bonds. The molecule has 8 rings (SSSR count). The van der Waals surface area contributed by atoms with Gasteiger partial charge in [0.2, 0.25) is 5.95 Å². The van der Waals surface area contributed by atoms with Gasteiger partial charge in [0.05, 0.1) is 22.2 Å². The van der Waals surface area contributed by atoms with Gasteiger partial charge in [-0.2, -0.15) is 0 Å². The summed E-state index contributed by atoms with van der Waals surface area (Å²) in [7, 11) is 0. The third-order valence-corrected chi connectivity index (χ3v) is 10.3. The van der Waals surface area contributed by atoms with Gasteiger partial charge in [-0.25, -0.2) is 9.97 Å². The van der Waals surface area contributed by atoms with Crippen LogP contribution in [0.5, 0.6) is 0 Å². The summed E-state index contributed by atoms with van der Waals surface area (Å²) in [6, 6.07) is 39.1. The minimum absolute atomic E-state index is 0.275. The second-order valence-electron chi connectivity index (χ2n) is 13.4. The standard InChI is InChI=1S/C38H34BN3/c1-37(2)23-39(24-38(37,3)4)30-18-12-20-32-33(30)29-22-21-25-13-8-9-16-27(25)35(29)42(32)36-40-31-19-11-10-17-28(31)34(41-36)26-14-6-5-7-15-26/h5-22H,23-24H2,1-4H3. The molecule has 0 saturated carbocycles. The highest BCUT2D eigenvalue weighted by Crippen LogP contribution is 2.53. The molecule has 2 aromatic heterocycles. The highest BCUT2D eigenvalue weighted by Gasteiger charge is 2.48. The van der Waals surface area contributed by atoms with Crippen LogP contribution < -0.4 is 5.46 Å². The molecule has 5 aromatic carbocycles. The fourth-order valence-electron chi connectivity index (χ4n) is 7.46. The lowest BCUT2D eigenvalue weighted by atomic mass is 9.41. The first-order valence-electron chi connectivity index (χ1n) is 15.1. The molecular formula is C38H34BN3. The zero-order valence-corrected chi connectivity index (χ0v) is 24.7. The Kier molecular flexibility index (Phi) is 5.44. The number of nitrogens with zero attached hydrogens (tertiary/aromatic N) is 3. The maximum atomic E-state index is 5.35. The molecule has 0 bridgehead atoms. The van der Waals surface area contributed by atoms with Crippen LogP contribution in [0.4, 0.5) is 0 Å². The molecule has 1 saturated heterocycles. The smallest absolute Gasteiger partial charge is 0.235 e. The molecule has 0 N–H and O–H groups in total. The molecule has 0 radical (unpaired) electrons. The van der Waals surface area contributed by atoms with Crippen molar-refractivity contribution in [2.24, 2.45) is 10.8 Å². The van der Waals surface area contributed by atoms with Gasteiger partial charge < -0.3 is 0 Å². The van der Waals surface area contributed by atoms with Gasteiger partial charge in [-0.1, -0.05) is 143 Å². The molecule has 1 aliphatic heterocycles. The molecule has 3 heterocycles. The van der Waals surface area contributed by atoms with E-state index in [1.165, 1.54) is 50.7 Å². The predicted octanol–water partition coefficient (Wildman–Crippen LogP) is 9.31. The van der Waals surface area contributed by atoms with Crippen molar-refractivity contribution in [3.63, 3.8) is 0 Å². The van der Waals surface area contributed by atoms with Crippen LogP contribution in [0.3, 0.4) is 0 Å². The van der Waals surface area contributed by atoms with E-state index in [0.717, 1.165) is 22.2 Å². The lowest BCUT2D eigenvalue weighted by Crippen LogP contribution is -2.28. The highest BCUT2D eigenvalue weighted by molar-refractivity contribution is 6.77. The Balaban J connectivity index is 1.49. The summed E-state index contributed by atoms with van der Waals surface area (Å²) < 4.78 is 2.33. The zero-order chi connectivity index (χ0) is 28.6.